The van der Waals surface area contributed by atoms with E-state index >= 15 is 0 Å². The van der Waals surface area contributed by atoms with Crippen LogP contribution in [-0.2, 0) is 9.53 Å². The third-order valence-electron chi connectivity index (χ3n) is 2.77. The molecule has 0 heterocycles. The maximum atomic E-state index is 10.7. The van der Waals surface area contributed by atoms with Crippen molar-refractivity contribution in [1.82, 2.24) is 0 Å². The van der Waals surface area contributed by atoms with Gasteiger partial charge in [0.1, 0.15) is 0 Å². The number of ether oxygens (including phenoxy) is 1. The highest BCUT2D eigenvalue weighted by molar-refractivity contribution is 5.81. The van der Waals surface area contributed by atoms with E-state index in [0.717, 1.165) is 31.8 Å². The fourth-order valence-corrected chi connectivity index (χ4v) is 1.89. The highest BCUT2D eigenvalue weighted by Crippen LogP contribution is 2.26. The van der Waals surface area contributed by atoms with E-state index in [0.29, 0.717) is 12.5 Å². The molecule has 1 aliphatic rings. The molecule has 1 aliphatic carbocycles. The van der Waals surface area contributed by atoms with Gasteiger partial charge >= 0.3 is 5.97 Å². The summed E-state index contributed by atoms with van der Waals surface area (Å²) in [6, 6.07) is 0. The number of hydrogen-bond donors (Lipinski definition) is 1. The van der Waals surface area contributed by atoms with Gasteiger partial charge < -0.3 is 9.84 Å². The Labute approximate surface area is 84.8 Å². The van der Waals surface area contributed by atoms with Crippen LogP contribution >= 0.6 is 0 Å². The highest BCUT2D eigenvalue weighted by atomic mass is 16.5. The Morgan fingerprint density at radius 2 is 2.21 bits per heavy atom. The summed E-state index contributed by atoms with van der Waals surface area (Å²) in [5.74, 6) is -0.0725. The van der Waals surface area contributed by atoms with Crippen molar-refractivity contribution in [3.63, 3.8) is 0 Å². The topological polar surface area (TPSA) is 46.5 Å². The fraction of sp³-hybridized carbons (Fsp3) is 0.727. The van der Waals surface area contributed by atoms with Gasteiger partial charge in [-0.25, -0.2) is 4.79 Å². The number of esters is 1. The van der Waals surface area contributed by atoms with E-state index in [-0.39, 0.29) is 12.1 Å². The second-order valence-electron chi connectivity index (χ2n) is 3.77. The van der Waals surface area contributed by atoms with Crippen LogP contribution in [0.15, 0.2) is 12.7 Å². The summed E-state index contributed by atoms with van der Waals surface area (Å²) in [5.41, 5.74) is 0. The van der Waals surface area contributed by atoms with Crippen LogP contribution in [0.2, 0.25) is 0 Å². The van der Waals surface area contributed by atoms with Crippen LogP contribution in [0.3, 0.4) is 0 Å². The molecule has 3 heteroatoms. The van der Waals surface area contributed by atoms with Crippen LogP contribution in [0.4, 0.5) is 0 Å². The van der Waals surface area contributed by atoms with Crippen molar-refractivity contribution in [3.8, 4) is 0 Å². The molecule has 0 aromatic carbocycles. The molecular weight excluding hydrogens is 180 g/mol. The number of aliphatic hydroxyl groups is 1. The lowest BCUT2D eigenvalue weighted by Gasteiger charge is -2.27. The summed E-state index contributed by atoms with van der Waals surface area (Å²) in [6.45, 7) is 3.71. The van der Waals surface area contributed by atoms with Crippen LogP contribution in [0.25, 0.3) is 0 Å². The standard InChI is InChI=1S/C11H18O3/c1-2-11(13)14-8-7-9-5-3-4-6-10(9)12/h2,9-10,12H,1,3-8H2. The van der Waals surface area contributed by atoms with Crippen LogP contribution in [0.1, 0.15) is 32.1 Å². The zero-order chi connectivity index (χ0) is 10.4. The van der Waals surface area contributed by atoms with Crippen molar-refractivity contribution < 1.29 is 14.6 Å². The molecule has 0 saturated heterocycles. The average Bonchev–Trinajstić information content (AvgIpc) is 2.20. The summed E-state index contributed by atoms with van der Waals surface area (Å²) < 4.78 is 4.87. The third kappa shape index (κ3) is 3.50. The predicted molar refractivity (Wildman–Crippen MR) is 53.7 cm³/mol. The van der Waals surface area contributed by atoms with Crippen molar-refractivity contribution in [2.45, 2.75) is 38.2 Å². The average molecular weight is 198 g/mol. The van der Waals surface area contributed by atoms with Gasteiger partial charge in [-0.05, 0) is 25.2 Å². The molecule has 3 nitrogen and oxygen atoms in total. The van der Waals surface area contributed by atoms with E-state index in [1.807, 2.05) is 0 Å². The van der Waals surface area contributed by atoms with Crippen LogP contribution in [-0.4, -0.2) is 23.8 Å². The molecule has 0 aromatic heterocycles. The molecule has 0 aromatic rings. The summed E-state index contributed by atoms with van der Waals surface area (Å²) in [6.07, 6.45) is 5.96. The van der Waals surface area contributed by atoms with E-state index in [2.05, 4.69) is 6.58 Å². The smallest absolute Gasteiger partial charge is 0.330 e. The van der Waals surface area contributed by atoms with Crippen molar-refractivity contribution >= 4 is 5.97 Å². The van der Waals surface area contributed by atoms with Gasteiger partial charge in [-0.1, -0.05) is 19.4 Å². The van der Waals surface area contributed by atoms with Gasteiger partial charge in [0.25, 0.3) is 0 Å². The predicted octanol–water partition coefficient (Wildman–Crippen LogP) is 1.66. The van der Waals surface area contributed by atoms with Gasteiger partial charge in [0.05, 0.1) is 12.7 Å². The van der Waals surface area contributed by atoms with Gasteiger partial charge in [-0.15, -0.1) is 0 Å². The molecule has 1 rings (SSSR count). The summed E-state index contributed by atoms with van der Waals surface area (Å²) in [5, 5.41) is 9.63. The number of hydrogen-bond acceptors (Lipinski definition) is 3. The summed E-state index contributed by atoms with van der Waals surface area (Å²) in [7, 11) is 0. The maximum absolute atomic E-state index is 10.7. The molecular formula is C11H18O3. The Kier molecular flexibility index (Phi) is 4.66. The van der Waals surface area contributed by atoms with Gasteiger partial charge in [-0.2, -0.15) is 0 Å². The number of carbonyl (C=O) groups is 1. The lowest BCUT2D eigenvalue weighted by molar-refractivity contribution is -0.138. The first-order chi connectivity index (χ1) is 6.74. The second kappa shape index (κ2) is 5.81. The van der Waals surface area contributed by atoms with Gasteiger partial charge in [0.15, 0.2) is 0 Å². The first kappa shape index (κ1) is 11.2. The molecule has 1 fully saturated rings. The molecule has 14 heavy (non-hydrogen) atoms. The Balaban J connectivity index is 2.16. The number of aliphatic hydroxyl groups excluding tert-OH is 1. The second-order valence-corrected chi connectivity index (χ2v) is 3.77. The lowest BCUT2D eigenvalue weighted by atomic mass is 9.85. The van der Waals surface area contributed by atoms with Crippen molar-refractivity contribution in [2.24, 2.45) is 5.92 Å². The monoisotopic (exact) mass is 198 g/mol. The quantitative estimate of drug-likeness (QED) is 0.552. The zero-order valence-corrected chi connectivity index (χ0v) is 8.45. The third-order valence-corrected chi connectivity index (χ3v) is 2.77. The molecule has 2 unspecified atom stereocenters. The van der Waals surface area contributed by atoms with Crippen molar-refractivity contribution in [1.29, 1.82) is 0 Å². The molecule has 80 valence electrons. The normalized spacial score (nSPS) is 26.9. The minimum atomic E-state index is -0.379. The largest absolute Gasteiger partial charge is 0.463 e. The van der Waals surface area contributed by atoms with Gasteiger partial charge in [-0.3, -0.25) is 0 Å². The lowest BCUT2D eigenvalue weighted by Crippen LogP contribution is -2.25. The minimum Gasteiger partial charge on any atom is -0.463 e. The number of carbonyl (C=O) groups excluding carboxylic acids is 1. The van der Waals surface area contributed by atoms with Gasteiger partial charge in [0, 0.05) is 6.08 Å². The Hall–Kier alpha value is -0.830. The first-order valence-electron chi connectivity index (χ1n) is 5.21. The van der Waals surface area contributed by atoms with Crippen LogP contribution < -0.4 is 0 Å². The molecule has 0 radical (unpaired) electrons. The van der Waals surface area contributed by atoms with E-state index < -0.39 is 0 Å². The molecule has 0 aliphatic heterocycles. The molecule has 0 amide bonds. The zero-order valence-electron chi connectivity index (χ0n) is 8.45. The van der Waals surface area contributed by atoms with Crippen molar-refractivity contribution in [2.75, 3.05) is 6.61 Å². The van der Waals surface area contributed by atoms with E-state index in [9.17, 15) is 9.90 Å². The molecule has 2 atom stereocenters. The highest BCUT2D eigenvalue weighted by Gasteiger charge is 2.22. The molecule has 0 spiro atoms. The Bertz CT molecular complexity index is 201. The van der Waals surface area contributed by atoms with E-state index in [1.165, 1.54) is 6.42 Å². The Morgan fingerprint density at radius 1 is 1.50 bits per heavy atom. The van der Waals surface area contributed by atoms with E-state index in [1.54, 1.807) is 0 Å². The van der Waals surface area contributed by atoms with Gasteiger partial charge in [0.2, 0.25) is 0 Å². The SMILES string of the molecule is C=CC(=O)OCCC1CCCCC1O. The fourth-order valence-electron chi connectivity index (χ4n) is 1.89. The number of rotatable bonds is 4. The summed E-state index contributed by atoms with van der Waals surface area (Å²) >= 11 is 0. The van der Waals surface area contributed by atoms with Crippen molar-refractivity contribution in [3.05, 3.63) is 12.7 Å². The first-order valence-corrected chi connectivity index (χ1v) is 5.21. The molecule has 1 saturated carbocycles. The van der Waals surface area contributed by atoms with Crippen LogP contribution in [0, 0.1) is 5.92 Å². The summed E-state index contributed by atoms with van der Waals surface area (Å²) in [4.78, 5) is 10.7. The van der Waals surface area contributed by atoms with E-state index in [4.69, 9.17) is 4.74 Å². The maximum Gasteiger partial charge on any atom is 0.330 e. The Morgan fingerprint density at radius 3 is 2.86 bits per heavy atom. The molecule has 1 N–H and O–H groups in total. The molecule has 0 bridgehead atoms. The minimum absolute atomic E-state index is 0.203. The van der Waals surface area contributed by atoms with Crippen LogP contribution in [0.5, 0.6) is 0 Å².